The van der Waals surface area contributed by atoms with Crippen molar-refractivity contribution in [2.24, 2.45) is 0 Å². The van der Waals surface area contributed by atoms with Crippen LogP contribution >= 0.6 is 0 Å². The minimum Gasteiger partial charge on any atom is -0.619 e. The Morgan fingerprint density at radius 3 is 2.12 bits per heavy atom. The molecule has 3 rings (SSSR count). The van der Waals surface area contributed by atoms with Gasteiger partial charge in [0.2, 0.25) is 5.91 Å². The van der Waals surface area contributed by atoms with Gasteiger partial charge in [0.1, 0.15) is 0 Å². The zero-order valence-corrected chi connectivity index (χ0v) is 14.8. The molecule has 1 amide bonds. The monoisotopic (exact) mass is 329 g/mol. The molecule has 0 aromatic carbocycles. The summed E-state index contributed by atoms with van der Waals surface area (Å²) in [6, 6.07) is 7.55. The van der Waals surface area contributed by atoms with Crippen LogP contribution in [-0.2, 0) is 4.79 Å². The lowest BCUT2D eigenvalue weighted by atomic mass is 10.1. The summed E-state index contributed by atoms with van der Waals surface area (Å²) in [5.74, 6) is 0.231. The molecule has 0 spiro atoms. The van der Waals surface area contributed by atoms with E-state index in [1.165, 1.54) is 37.2 Å². The Morgan fingerprint density at radius 1 is 1.12 bits per heavy atom. The third-order valence-corrected chi connectivity index (χ3v) is 3.53. The van der Waals surface area contributed by atoms with Crippen LogP contribution in [0.25, 0.3) is 0 Å². The van der Waals surface area contributed by atoms with Crippen molar-refractivity contribution in [3.8, 4) is 0 Å². The van der Waals surface area contributed by atoms with Crippen LogP contribution < -0.4 is 4.73 Å². The summed E-state index contributed by atoms with van der Waals surface area (Å²) in [7, 11) is 0. The molecule has 0 atom stereocenters. The second-order valence-corrected chi connectivity index (χ2v) is 5.84. The van der Waals surface area contributed by atoms with E-state index in [4.69, 9.17) is 0 Å². The molecule has 0 unspecified atom stereocenters. The Morgan fingerprint density at radius 2 is 1.79 bits per heavy atom. The molecule has 1 aliphatic heterocycles. The number of aromatic nitrogens is 2. The molecule has 1 fully saturated rings. The number of likely N-dealkylation sites (tertiary alicyclic amines) is 1. The van der Waals surface area contributed by atoms with Gasteiger partial charge in [-0.25, -0.2) is 0 Å². The predicted octanol–water partition coefficient (Wildman–Crippen LogP) is 3.04. The van der Waals surface area contributed by atoms with Gasteiger partial charge in [-0.1, -0.05) is 6.07 Å². The Bertz CT molecular complexity index is 579. The van der Waals surface area contributed by atoms with Gasteiger partial charge >= 0.3 is 0 Å². The van der Waals surface area contributed by atoms with Gasteiger partial charge in [0.25, 0.3) is 0 Å². The van der Waals surface area contributed by atoms with Crippen molar-refractivity contribution >= 4 is 5.91 Å². The van der Waals surface area contributed by atoms with E-state index in [1.54, 1.807) is 19.2 Å². The van der Waals surface area contributed by atoms with Crippen LogP contribution in [-0.4, -0.2) is 28.9 Å². The summed E-state index contributed by atoms with van der Waals surface area (Å²) >= 11 is 0. The second-order valence-electron chi connectivity index (χ2n) is 5.84. The van der Waals surface area contributed by atoms with Gasteiger partial charge in [-0.2, -0.15) is 4.73 Å². The first-order valence-corrected chi connectivity index (χ1v) is 8.26. The topological polar surface area (TPSA) is 60.1 Å². The van der Waals surface area contributed by atoms with E-state index >= 15 is 0 Å². The number of amides is 1. The van der Waals surface area contributed by atoms with Crippen LogP contribution in [0.5, 0.6) is 0 Å². The van der Waals surface area contributed by atoms with E-state index in [0.29, 0.717) is 0 Å². The molecule has 2 aromatic rings. The molecule has 24 heavy (non-hydrogen) atoms. The fourth-order valence-corrected chi connectivity index (χ4v) is 2.22. The summed E-state index contributed by atoms with van der Waals surface area (Å²) in [5, 5.41) is 10.4. The SMILES string of the molecule is CC(=O)N1CCCCC1.Cc1ccc[n+]([O-])c1.Cc1cccnc1. The van der Waals surface area contributed by atoms with Crippen molar-refractivity contribution in [3.63, 3.8) is 0 Å². The average molecular weight is 329 g/mol. The summed E-state index contributed by atoms with van der Waals surface area (Å²) in [6.45, 7) is 7.51. The lowest BCUT2D eigenvalue weighted by Crippen LogP contribution is -2.33. The highest BCUT2D eigenvalue weighted by molar-refractivity contribution is 5.73. The molecule has 0 aliphatic carbocycles. The Hall–Kier alpha value is -2.43. The number of hydrogen-bond donors (Lipinski definition) is 0. The minimum atomic E-state index is 0.231. The van der Waals surface area contributed by atoms with Gasteiger partial charge in [0, 0.05) is 44.0 Å². The third kappa shape index (κ3) is 8.88. The number of carbonyl (C=O) groups excluding carboxylic acids is 1. The summed E-state index contributed by atoms with van der Waals surface area (Å²) < 4.78 is 0.787. The summed E-state index contributed by atoms with van der Waals surface area (Å²) in [5.41, 5.74) is 2.20. The van der Waals surface area contributed by atoms with Crippen molar-refractivity contribution < 1.29 is 9.52 Å². The lowest BCUT2D eigenvalue weighted by molar-refractivity contribution is -0.605. The minimum absolute atomic E-state index is 0.231. The van der Waals surface area contributed by atoms with Crippen LogP contribution in [0.15, 0.2) is 49.1 Å². The summed E-state index contributed by atoms with van der Waals surface area (Å²) in [6.07, 6.45) is 10.3. The van der Waals surface area contributed by atoms with E-state index < -0.39 is 0 Å². The molecule has 3 heterocycles. The number of carbonyl (C=O) groups is 1. The van der Waals surface area contributed by atoms with Crippen LogP contribution in [0.4, 0.5) is 0 Å². The normalized spacial score (nSPS) is 13.0. The Balaban J connectivity index is 0.000000181. The number of piperidine rings is 1. The average Bonchev–Trinajstić information content (AvgIpc) is 2.57. The highest BCUT2D eigenvalue weighted by atomic mass is 16.5. The third-order valence-electron chi connectivity index (χ3n) is 3.53. The van der Waals surface area contributed by atoms with Gasteiger partial charge in [-0.15, -0.1) is 0 Å². The number of aryl methyl sites for hydroxylation is 2. The first-order chi connectivity index (χ1) is 11.5. The molecule has 5 heteroatoms. The summed E-state index contributed by atoms with van der Waals surface area (Å²) in [4.78, 5) is 16.5. The van der Waals surface area contributed by atoms with Crippen LogP contribution in [0.2, 0.25) is 0 Å². The van der Waals surface area contributed by atoms with E-state index in [0.717, 1.165) is 23.4 Å². The standard InChI is InChI=1S/C7H13NO.C6H7NO.C6H7N/c1-7(9)8-5-3-2-4-6-8;1-6-3-2-4-7(8)5-6;1-6-3-2-4-7-5-6/h2-6H2,1H3;2-5H,1H3;2-5H,1H3. The molecule has 130 valence electrons. The molecule has 2 aromatic heterocycles. The van der Waals surface area contributed by atoms with Crippen LogP contribution in [0, 0.1) is 19.1 Å². The maximum absolute atomic E-state index is 10.7. The molecule has 0 N–H and O–H groups in total. The zero-order valence-electron chi connectivity index (χ0n) is 14.8. The highest BCUT2D eigenvalue weighted by Crippen LogP contribution is 2.07. The fraction of sp³-hybridized carbons (Fsp3) is 0.421. The van der Waals surface area contributed by atoms with Gasteiger partial charge < -0.3 is 10.1 Å². The fourth-order valence-electron chi connectivity index (χ4n) is 2.22. The molecule has 1 aliphatic rings. The van der Waals surface area contributed by atoms with Gasteiger partial charge in [-0.05, 0) is 50.8 Å². The lowest BCUT2D eigenvalue weighted by Gasteiger charge is -2.24. The van der Waals surface area contributed by atoms with Crippen molar-refractivity contribution in [1.82, 2.24) is 9.88 Å². The van der Waals surface area contributed by atoms with Crippen LogP contribution in [0.3, 0.4) is 0 Å². The van der Waals surface area contributed by atoms with Crippen LogP contribution in [0.1, 0.15) is 37.3 Å². The van der Waals surface area contributed by atoms with E-state index in [9.17, 15) is 10.0 Å². The highest BCUT2D eigenvalue weighted by Gasteiger charge is 2.10. The van der Waals surface area contributed by atoms with Gasteiger partial charge in [0.15, 0.2) is 12.4 Å². The maximum Gasteiger partial charge on any atom is 0.219 e. The van der Waals surface area contributed by atoms with E-state index in [2.05, 4.69) is 4.98 Å². The Kier molecular flexibility index (Phi) is 9.12. The van der Waals surface area contributed by atoms with E-state index in [1.807, 2.05) is 43.1 Å². The maximum atomic E-state index is 10.7. The first-order valence-electron chi connectivity index (χ1n) is 8.26. The molecule has 0 radical (unpaired) electrons. The number of hydrogen-bond acceptors (Lipinski definition) is 3. The second kappa shape index (κ2) is 11.2. The smallest absolute Gasteiger partial charge is 0.219 e. The molecule has 0 bridgehead atoms. The number of rotatable bonds is 0. The van der Waals surface area contributed by atoms with Gasteiger partial charge in [-0.3, -0.25) is 9.78 Å². The molecule has 5 nitrogen and oxygen atoms in total. The number of nitrogens with zero attached hydrogens (tertiary/aromatic N) is 3. The molecule has 1 saturated heterocycles. The largest absolute Gasteiger partial charge is 0.619 e. The van der Waals surface area contributed by atoms with Crippen molar-refractivity contribution in [3.05, 3.63) is 65.4 Å². The van der Waals surface area contributed by atoms with Crippen molar-refractivity contribution in [2.75, 3.05) is 13.1 Å². The quantitative estimate of drug-likeness (QED) is 0.551. The first kappa shape index (κ1) is 19.6. The van der Waals surface area contributed by atoms with Crippen molar-refractivity contribution in [2.45, 2.75) is 40.0 Å². The zero-order chi connectivity index (χ0) is 17.8. The molecule has 0 saturated carbocycles. The molecular formula is C19H27N3O2. The van der Waals surface area contributed by atoms with Gasteiger partial charge in [0.05, 0.1) is 0 Å². The van der Waals surface area contributed by atoms with E-state index in [-0.39, 0.29) is 5.91 Å². The molecular weight excluding hydrogens is 302 g/mol. The van der Waals surface area contributed by atoms with Crippen molar-refractivity contribution in [1.29, 1.82) is 0 Å². The predicted molar refractivity (Wildman–Crippen MR) is 95.2 cm³/mol. The Labute approximate surface area is 144 Å². The number of pyridine rings is 2.